The molecule has 2 heterocycles. The zero-order valence-electron chi connectivity index (χ0n) is 17.3. The quantitative estimate of drug-likeness (QED) is 0.632. The average molecular weight is 446 g/mol. The summed E-state index contributed by atoms with van der Waals surface area (Å²) in [6.45, 7) is 12.5. The number of hydrogen-bond donors (Lipinski definition) is 0. The molecular formula is C19H28ClN3O3S2. The van der Waals surface area contributed by atoms with Gasteiger partial charge in [-0.3, -0.25) is 0 Å². The van der Waals surface area contributed by atoms with Gasteiger partial charge in [0, 0.05) is 23.4 Å². The number of fused-ring (bicyclic) bond motifs is 1. The number of likely N-dealkylation sites (tertiary alicyclic amines) is 1. The molecule has 0 saturated carbocycles. The van der Waals surface area contributed by atoms with Crippen LogP contribution in [-0.4, -0.2) is 49.3 Å². The molecule has 3 rings (SSSR count). The first-order valence-electron chi connectivity index (χ1n) is 9.45. The Morgan fingerprint density at radius 1 is 1.25 bits per heavy atom. The van der Waals surface area contributed by atoms with Gasteiger partial charge in [-0.15, -0.1) is 11.3 Å². The summed E-state index contributed by atoms with van der Waals surface area (Å²) < 4.78 is 23.0. The van der Waals surface area contributed by atoms with Crippen molar-refractivity contribution in [2.24, 2.45) is 9.81 Å². The van der Waals surface area contributed by atoms with Crippen molar-refractivity contribution in [2.75, 3.05) is 13.1 Å². The minimum Gasteiger partial charge on any atom is -0.444 e. The molecule has 0 unspecified atom stereocenters. The molecule has 156 valence electrons. The molecule has 28 heavy (non-hydrogen) atoms. The van der Waals surface area contributed by atoms with Crippen molar-refractivity contribution in [3.63, 3.8) is 0 Å². The number of hydrogen-bond acceptors (Lipinski definition) is 5. The van der Waals surface area contributed by atoms with Gasteiger partial charge in [-0.1, -0.05) is 11.6 Å². The van der Waals surface area contributed by atoms with Gasteiger partial charge in [-0.05, 0) is 60.8 Å². The van der Waals surface area contributed by atoms with Gasteiger partial charge >= 0.3 is 6.09 Å². The predicted octanol–water partition coefficient (Wildman–Crippen LogP) is 4.62. The maximum absolute atomic E-state index is 12.8. The number of piperidine rings is 1. The number of amides is 1. The fourth-order valence-corrected chi connectivity index (χ4v) is 5.50. The van der Waals surface area contributed by atoms with Crippen LogP contribution in [0.1, 0.15) is 65.0 Å². The van der Waals surface area contributed by atoms with Crippen LogP contribution in [0.25, 0.3) is 0 Å². The number of carbonyl (C=O) groups excluding carboxylic acids is 1. The number of halogens is 1. The summed E-state index contributed by atoms with van der Waals surface area (Å²) in [7, 11) is -1.38. The Morgan fingerprint density at radius 3 is 2.39 bits per heavy atom. The van der Waals surface area contributed by atoms with Crippen LogP contribution in [0.4, 0.5) is 4.79 Å². The van der Waals surface area contributed by atoms with E-state index < -0.39 is 21.3 Å². The van der Waals surface area contributed by atoms with Crippen LogP contribution in [0.15, 0.2) is 4.40 Å². The first kappa shape index (κ1) is 21.7. The molecule has 1 aromatic heterocycles. The molecule has 1 aliphatic carbocycles. The van der Waals surface area contributed by atoms with Crippen molar-refractivity contribution in [1.29, 1.82) is 0 Å². The Kier molecular flexibility index (Phi) is 5.71. The van der Waals surface area contributed by atoms with Crippen molar-refractivity contribution in [1.82, 2.24) is 9.88 Å². The van der Waals surface area contributed by atoms with Crippen LogP contribution in [0, 0.1) is 5.41 Å². The molecule has 1 aromatic rings. The molecule has 0 N–H and O–H groups in total. The van der Waals surface area contributed by atoms with Crippen LogP contribution in [0.2, 0.25) is 4.47 Å². The summed E-state index contributed by atoms with van der Waals surface area (Å²) in [5.41, 5.74) is 0.833. The van der Waals surface area contributed by atoms with Gasteiger partial charge in [0.15, 0.2) is 4.47 Å². The lowest BCUT2D eigenvalue weighted by Gasteiger charge is -2.39. The highest BCUT2D eigenvalue weighted by Gasteiger charge is 2.49. The van der Waals surface area contributed by atoms with E-state index in [1.807, 2.05) is 41.5 Å². The molecule has 1 fully saturated rings. The molecule has 1 saturated heterocycles. The van der Waals surface area contributed by atoms with Gasteiger partial charge in [0.1, 0.15) is 22.3 Å². The van der Waals surface area contributed by atoms with Gasteiger partial charge in [0.05, 0.1) is 10.5 Å². The largest absolute Gasteiger partial charge is 0.444 e. The van der Waals surface area contributed by atoms with Gasteiger partial charge < -0.3 is 9.64 Å². The SMILES string of the molecule is CC(C)(C)OC(=O)N1CCC2(CC1)Cc1sc(Cl)nc1/C2=N/[S@](=O)C(C)(C)C. The summed E-state index contributed by atoms with van der Waals surface area (Å²) in [4.78, 5) is 19.7. The molecular weight excluding hydrogens is 418 g/mol. The lowest BCUT2D eigenvalue weighted by molar-refractivity contribution is 0.0159. The van der Waals surface area contributed by atoms with E-state index in [1.54, 1.807) is 4.90 Å². The Labute approximate surface area is 178 Å². The Bertz CT molecular complexity index is 828. The summed E-state index contributed by atoms with van der Waals surface area (Å²) in [5.74, 6) is 0. The molecule has 1 spiro atoms. The number of thiazole rings is 1. The Balaban J connectivity index is 1.85. The highest BCUT2D eigenvalue weighted by Crippen LogP contribution is 2.48. The molecule has 0 aromatic carbocycles. The number of carbonyl (C=O) groups is 1. The standard InChI is InChI=1S/C19H28ClN3O3S2/c1-17(2,3)26-16(24)23-9-7-19(8-10-23)11-12-13(21-15(20)27-12)14(19)22-28(25)18(4,5)6/h7-11H2,1-6H3/b22-14-/t28-/m1/s1. The average Bonchev–Trinajstić information content (AvgIpc) is 3.00. The van der Waals surface area contributed by atoms with E-state index >= 15 is 0 Å². The molecule has 0 radical (unpaired) electrons. The number of aromatic nitrogens is 1. The second-order valence-corrected chi connectivity index (χ2v) is 13.0. The number of nitrogens with zero attached hydrogens (tertiary/aromatic N) is 3. The molecule has 9 heteroatoms. The van der Waals surface area contributed by atoms with Crippen LogP contribution in [0.5, 0.6) is 0 Å². The lowest BCUT2D eigenvalue weighted by atomic mass is 9.75. The zero-order valence-corrected chi connectivity index (χ0v) is 19.7. The van der Waals surface area contributed by atoms with Gasteiger partial charge in [-0.25, -0.2) is 14.0 Å². The summed E-state index contributed by atoms with van der Waals surface area (Å²) >= 11 is 7.60. The van der Waals surface area contributed by atoms with Crippen LogP contribution >= 0.6 is 22.9 Å². The molecule has 1 aliphatic heterocycles. The van der Waals surface area contributed by atoms with Crippen molar-refractivity contribution >= 4 is 45.7 Å². The van der Waals surface area contributed by atoms with E-state index in [1.165, 1.54) is 11.3 Å². The van der Waals surface area contributed by atoms with E-state index in [2.05, 4.69) is 9.38 Å². The minimum absolute atomic E-state index is 0.238. The normalized spacial score (nSPS) is 21.8. The van der Waals surface area contributed by atoms with Crippen LogP contribution < -0.4 is 0 Å². The van der Waals surface area contributed by atoms with E-state index in [-0.39, 0.29) is 11.5 Å². The molecule has 1 atom stereocenters. The molecule has 2 aliphatic rings. The summed E-state index contributed by atoms with van der Waals surface area (Å²) in [6, 6.07) is 0. The first-order valence-corrected chi connectivity index (χ1v) is 11.8. The van der Waals surface area contributed by atoms with Gasteiger partial charge in [-0.2, -0.15) is 4.40 Å². The van der Waals surface area contributed by atoms with Crippen LogP contribution in [0.3, 0.4) is 0 Å². The molecule has 6 nitrogen and oxygen atoms in total. The third-order valence-corrected chi connectivity index (χ3v) is 7.52. The highest BCUT2D eigenvalue weighted by molar-refractivity contribution is 7.85. The topological polar surface area (TPSA) is 71.9 Å². The minimum atomic E-state index is -1.38. The molecule has 0 bridgehead atoms. The van der Waals surface area contributed by atoms with E-state index in [0.29, 0.717) is 17.6 Å². The Morgan fingerprint density at radius 2 is 1.86 bits per heavy atom. The highest BCUT2D eigenvalue weighted by atomic mass is 35.5. The van der Waals surface area contributed by atoms with Gasteiger partial charge in [0.25, 0.3) is 0 Å². The van der Waals surface area contributed by atoms with Crippen molar-refractivity contribution in [3.05, 3.63) is 15.0 Å². The summed E-state index contributed by atoms with van der Waals surface area (Å²) in [5, 5.41) is 0. The van der Waals surface area contributed by atoms with Crippen molar-refractivity contribution in [3.8, 4) is 0 Å². The van der Waals surface area contributed by atoms with Crippen molar-refractivity contribution < 1.29 is 13.7 Å². The fraction of sp³-hybridized carbons (Fsp3) is 0.737. The zero-order chi connectivity index (χ0) is 20.9. The Hall–Kier alpha value is -0.990. The maximum Gasteiger partial charge on any atom is 0.410 e. The smallest absolute Gasteiger partial charge is 0.410 e. The third kappa shape index (κ3) is 4.44. The second kappa shape index (κ2) is 7.36. The van der Waals surface area contributed by atoms with Gasteiger partial charge in [0.2, 0.25) is 0 Å². The van der Waals surface area contributed by atoms with Crippen LogP contribution in [-0.2, 0) is 22.1 Å². The number of rotatable bonds is 1. The predicted molar refractivity (Wildman–Crippen MR) is 115 cm³/mol. The fourth-order valence-electron chi connectivity index (χ4n) is 3.49. The first-order chi connectivity index (χ1) is 12.8. The second-order valence-electron chi connectivity index (χ2n) is 9.46. The third-order valence-electron chi connectivity index (χ3n) is 4.97. The number of ether oxygens (including phenoxy) is 1. The molecule has 1 amide bonds. The van der Waals surface area contributed by atoms with E-state index in [0.717, 1.165) is 35.5 Å². The van der Waals surface area contributed by atoms with E-state index in [4.69, 9.17) is 16.3 Å². The summed E-state index contributed by atoms with van der Waals surface area (Å²) in [6.07, 6.45) is 1.99. The van der Waals surface area contributed by atoms with Crippen molar-refractivity contribution in [2.45, 2.75) is 71.2 Å². The monoisotopic (exact) mass is 445 g/mol. The lowest BCUT2D eigenvalue weighted by Crippen LogP contribution is -2.47. The maximum atomic E-state index is 12.8. The van der Waals surface area contributed by atoms with E-state index in [9.17, 15) is 9.00 Å².